The van der Waals surface area contributed by atoms with Crippen LogP contribution in [0, 0.1) is 0 Å². The Morgan fingerprint density at radius 3 is 2.85 bits per heavy atom. The van der Waals surface area contributed by atoms with E-state index in [1.165, 1.54) is 0 Å². The lowest BCUT2D eigenvalue weighted by Crippen LogP contribution is -2.30. The molecule has 0 aliphatic carbocycles. The molecule has 0 aliphatic heterocycles. The van der Waals surface area contributed by atoms with Crippen LogP contribution in [0.15, 0.2) is 42.7 Å². The largest absolute Gasteiger partial charge is 0.361 e. The number of nitrogens with zero attached hydrogens (tertiary/aromatic N) is 3. The summed E-state index contributed by atoms with van der Waals surface area (Å²) in [6, 6.07) is 9.90. The van der Waals surface area contributed by atoms with Crippen molar-refractivity contribution in [1.29, 1.82) is 0 Å². The number of aryl methyl sites for hydroxylation is 1. The fraction of sp³-hybridized carbons (Fsp3) is 0.250. The summed E-state index contributed by atoms with van der Waals surface area (Å²) in [5, 5.41) is 1.15. The number of carbonyl (C=O) groups is 1. The van der Waals surface area contributed by atoms with Crippen molar-refractivity contribution in [1.82, 2.24) is 24.8 Å². The molecule has 4 rings (SSSR count). The van der Waals surface area contributed by atoms with E-state index in [1.807, 2.05) is 43.1 Å². The normalized spacial score (nSPS) is 11.3. The Bertz CT molecular complexity index is 1080. The summed E-state index contributed by atoms with van der Waals surface area (Å²) in [5.74, 6) is 0.823. The third-order valence-corrected chi connectivity index (χ3v) is 4.71. The average Bonchev–Trinajstić information content (AvgIpc) is 3.29. The second-order valence-corrected chi connectivity index (χ2v) is 6.27. The maximum absolute atomic E-state index is 13.2. The number of benzene rings is 1. The molecule has 6 heteroatoms. The van der Waals surface area contributed by atoms with E-state index in [4.69, 9.17) is 0 Å². The second kappa shape index (κ2) is 6.63. The van der Waals surface area contributed by atoms with E-state index < -0.39 is 0 Å². The minimum Gasteiger partial charge on any atom is -0.361 e. The number of hydrogen-bond acceptors (Lipinski definition) is 3. The van der Waals surface area contributed by atoms with E-state index in [0.717, 1.165) is 28.7 Å². The molecule has 26 heavy (non-hydrogen) atoms. The number of H-pyrrole nitrogens is 2. The predicted molar refractivity (Wildman–Crippen MR) is 102 cm³/mol. The van der Waals surface area contributed by atoms with E-state index in [9.17, 15) is 4.79 Å². The molecule has 3 aromatic heterocycles. The van der Waals surface area contributed by atoms with Crippen molar-refractivity contribution in [2.24, 2.45) is 0 Å². The molecular weight excluding hydrogens is 326 g/mol. The SMILES string of the molecule is CCc1nc2nccc(C(=O)N(CC)Cc3c[nH]c4ccccc34)c2[nH]1. The molecular formula is C20H21N5O. The molecule has 0 atom stereocenters. The first-order valence-corrected chi connectivity index (χ1v) is 8.89. The first-order chi connectivity index (χ1) is 12.7. The first kappa shape index (κ1) is 16.3. The number of nitrogens with one attached hydrogen (secondary N) is 2. The van der Waals surface area contributed by atoms with Gasteiger partial charge in [-0.3, -0.25) is 4.79 Å². The number of carbonyl (C=O) groups excluding carboxylic acids is 1. The third-order valence-electron chi connectivity index (χ3n) is 4.71. The molecule has 0 bridgehead atoms. The summed E-state index contributed by atoms with van der Waals surface area (Å²) in [6.07, 6.45) is 4.40. The topological polar surface area (TPSA) is 77.7 Å². The summed E-state index contributed by atoms with van der Waals surface area (Å²) >= 11 is 0. The molecule has 0 saturated carbocycles. The lowest BCUT2D eigenvalue weighted by Gasteiger charge is -2.21. The Balaban J connectivity index is 1.68. The van der Waals surface area contributed by atoms with E-state index in [0.29, 0.717) is 29.8 Å². The highest BCUT2D eigenvalue weighted by atomic mass is 16.2. The van der Waals surface area contributed by atoms with Crippen molar-refractivity contribution in [3.05, 3.63) is 59.7 Å². The van der Waals surface area contributed by atoms with E-state index in [-0.39, 0.29) is 5.91 Å². The van der Waals surface area contributed by atoms with Gasteiger partial charge in [0.25, 0.3) is 5.91 Å². The molecule has 6 nitrogen and oxygen atoms in total. The standard InChI is InChI=1S/C20H21N5O/c1-3-17-23-18-15(9-10-21-19(18)24-17)20(26)25(4-2)12-13-11-22-16-8-6-5-7-14(13)16/h5-11,22H,3-4,12H2,1-2H3,(H,21,23,24). The Hall–Kier alpha value is -3.15. The zero-order valence-electron chi connectivity index (χ0n) is 14.9. The van der Waals surface area contributed by atoms with Crippen LogP contribution in [-0.2, 0) is 13.0 Å². The molecule has 2 N–H and O–H groups in total. The van der Waals surface area contributed by atoms with Crippen molar-refractivity contribution in [2.45, 2.75) is 26.8 Å². The average molecular weight is 347 g/mol. The number of para-hydroxylation sites is 1. The molecule has 132 valence electrons. The first-order valence-electron chi connectivity index (χ1n) is 8.89. The lowest BCUT2D eigenvalue weighted by molar-refractivity contribution is 0.0755. The van der Waals surface area contributed by atoms with E-state index >= 15 is 0 Å². The maximum Gasteiger partial charge on any atom is 0.256 e. The molecule has 4 aromatic rings. The van der Waals surface area contributed by atoms with Gasteiger partial charge in [0.15, 0.2) is 5.65 Å². The maximum atomic E-state index is 13.2. The van der Waals surface area contributed by atoms with Crippen LogP contribution in [0.3, 0.4) is 0 Å². The second-order valence-electron chi connectivity index (χ2n) is 6.27. The van der Waals surface area contributed by atoms with Crippen molar-refractivity contribution in [3.63, 3.8) is 0 Å². The van der Waals surface area contributed by atoms with Gasteiger partial charge in [0, 0.05) is 42.8 Å². The number of hydrogen-bond donors (Lipinski definition) is 2. The molecule has 0 spiro atoms. The number of aromatic nitrogens is 4. The molecule has 1 amide bonds. The third kappa shape index (κ3) is 2.73. The van der Waals surface area contributed by atoms with Gasteiger partial charge in [0.2, 0.25) is 0 Å². The Labute approximate surface area is 151 Å². The van der Waals surface area contributed by atoms with Crippen molar-refractivity contribution >= 4 is 28.0 Å². The summed E-state index contributed by atoms with van der Waals surface area (Å²) in [7, 11) is 0. The van der Waals surface area contributed by atoms with Crippen molar-refractivity contribution in [3.8, 4) is 0 Å². The van der Waals surface area contributed by atoms with Crippen LogP contribution >= 0.6 is 0 Å². The molecule has 1 aromatic carbocycles. The van der Waals surface area contributed by atoms with Gasteiger partial charge in [-0.25, -0.2) is 9.97 Å². The number of amides is 1. The van der Waals surface area contributed by atoms with Crippen molar-refractivity contribution < 1.29 is 4.79 Å². The van der Waals surface area contributed by atoms with Crippen LogP contribution in [0.25, 0.3) is 22.1 Å². The Kier molecular flexibility index (Phi) is 4.16. The van der Waals surface area contributed by atoms with Crippen LogP contribution in [0.5, 0.6) is 0 Å². The smallest absolute Gasteiger partial charge is 0.256 e. The van der Waals surface area contributed by atoms with Gasteiger partial charge >= 0.3 is 0 Å². The highest BCUT2D eigenvalue weighted by Gasteiger charge is 2.20. The zero-order chi connectivity index (χ0) is 18.1. The minimum atomic E-state index is -0.0171. The van der Waals surface area contributed by atoms with Gasteiger partial charge in [-0.15, -0.1) is 0 Å². The highest BCUT2D eigenvalue weighted by Crippen LogP contribution is 2.22. The molecule has 0 fully saturated rings. The fourth-order valence-corrected chi connectivity index (χ4v) is 3.27. The van der Waals surface area contributed by atoms with Gasteiger partial charge in [-0.2, -0.15) is 0 Å². The summed E-state index contributed by atoms with van der Waals surface area (Å²) in [5.41, 5.74) is 4.12. The van der Waals surface area contributed by atoms with Gasteiger partial charge in [0.1, 0.15) is 5.82 Å². The van der Waals surface area contributed by atoms with Crippen LogP contribution in [0.1, 0.15) is 35.6 Å². The Morgan fingerprint density at radius 1 is 1.19 bits per heavy atom. The number of aromatic amines is 2. The quantitative estimate of drug-likeness (QED) is 0.578. The molecule has 3 heterocycles. The van der Waals surface area contributed by atoms with Crippen LogP contribution in [0.2, 0.25) is 0 Å². The zero-order valence-corrected chi connectivity index (χ0v) is 14.9. The predicted octanol–water partition coefficient (Wildman–Crippen LogP) is 3.66. The minimum absolute atomic E-state index is 0.0171. The molecule has 0 aliphatic rings. The van der Waals surface area contributed by atoms with Crippen LogP contribution < -0.4 is 0 Å². The number of pyridine rings is 1. The van der Waals surface area contributed by atoms with E-state index in [1.54, 1.807) is 12.3 Å². The summed E-state index contributed by atoms with van der Waals surface area (Å²) in [6.45, 7) is 5.19. The fourth-order valence-electron chi connectivity index (χ4n) is 3.27. The van der Waals surface area contributed by atoms with Gasteiger partial charge in [-0.1, -0.05) is 25.1 Å². The monoisotopic (exact) mass is 347 g/mol. The lowest BCUT2D eigenvalue weighted by atomic mass is 10.1. The van der Waals surface area contributed by atoms with Gasteiger partial charge < -0.3 is 14.9 Å². The summed E-state index contributed by atoms with van der Waals surface area (Å²) in [4.78, 5) is 30.3. The van der Waals surface area contributed by atoms with Crippen molar-refractivity contribution in [2.75, 3.05) is 6.54 Å². The number of fused-ring (bicyclic) bond motifs is 2. The van der Waals surface area contributed by atoms with Gasteiger partial charge in [0.05, 0.1) is 11.1 Å². The van der Waals surface area contributed by atoms with E-state index in [2.05, 4.69) is 26.0 Å². The molecule has 0 saturated heterocycles. The Morgan fingerprint density at radius 2 is 2.04 bits per heavy atom. The van der Waals surface area contributed by atoms with Crippen LogP contribution in [0.4, 0.5) is 0 Å². The molecule has 0 radical (unpaired) electrons. The number of imidazole rings is 1. The summed E-state index contributed by atoms with van der Waals surface area (Å²) < 4.78 is 0. The van der Waals surface area contributed by atoms with Crippen LogP contribution in [-0.4, -0.2) is 37.3 Å². The number of rotatable bonds is 5. The molecule has 0 unspecified atom stereocenters. The van der Waals surface area contributed by atoms with Gasteiger partial charge in [-0.05, 0) is 24.6 Å². The highest BCUT2D eigenvalue weighted by molar-refractivity contribution is 6.04.